The van der Waals surface area contributed by atoms with Crippen molar-refractivity contribution in [2.75, 3.05) is 20.8 Å². The third kappa shape index (κ3) is 6.27. The van der Waals surface area contributed by atoms with Crippen LogP contribution in [0.2, 0.25) is 0 Å². The second-order valence-corrected chi connectivity index (χ2v) is 5.98. The number of imide groups is 1. The lowest BCUT2D eigenvalue weighted by molar-refractivity contribution is -0.124. The van der Waals surface area contributed by atoms with E-state index in [-0.39, 0.29) is 12.6 Å². The number of nitrogens with zero attached hydrogens (tertiary/aromatic N) is 1. The number of carbonyl (C=O) groups is 2. The molecule has 0 saturated heterocycles. The Morgan fingerprint density at radius 3 is 2.58 bits per heavy atom. The largest absolute Gasteiger partial charge is 0.493 e. The molecular weight excluding hydrogens is 338 g/mol. The molecule has 0 unspecified atom stereocenters. The summed E-state index contributed by atoms with van der Waals surface area (Å²) in [7, 11) is 3.09. The summed E-state index contributed by atoms with van der Waals surface area (Å²) in [5.41, 5.74) is 0.720. The molecule has 1 fully saturated rings. The molecule has 8 nitrogen and oxygen atoms in total. The molecule has 1 aliphatic rings. The summed E-state index contributed by atoms with van der Waals surface area (Å²) in [6.07, 6.45) is 6.75. The van der Waals surface area contributed by atoms with E-state index in [0.29, 0.717) is 11.5 Å². The fraction of sp³-hybridized carbons (Fsp3) is 0.500. The molecule has 26 heavy (non-hydrogen) atoms. The first kappa shape index (κ1) is 19.6. The number of oxime groups is 1. The van der Waals surface area contributed by atoms with Crippen LogP contribution in [0.4, 0.5) is 4.79 Å². The Labute approximate surface area is 152 Å². The van der Waals surface area contributed by atoms with Crippen LogP contribution in [0, 0.1) is 0 Å². The molecule has 0 radical (unpaired) electrons. The van der Waals surface area contributed by atoms with Crippen molar-refractivity contribution in [3.8, 4) is 11.5 Å². The summed E-state index contributed by atoms with van der Waals surface area (Å²) in [5.74, 6) is 0.616. The van der Waals surface area contributed by atoms with Gasteiger partial charge in [-0.2, -0.15) is 0 Å². The molecule has 0 aliphatic heterocycles. The second-order valence-electron chi connectivity index (χ2n) is 5.98. The average molecular weight is 363 g/mol. The van der Waals surface area contributed by atoms with Gasteiger partial charge in [0.1, 0.15) is 0 Å². The smallest absolute Gasteiger partial charge is 0.321 e. The summed E-state index contributed by atoms with van der Waals surface area (Å²) in [4.78, 5) is 28.4. The number of benzene rings is 1. The Balaban J connectivity index is 1.71. The van der Waals surface area contributed by atoms with Gasteiger partial charge in [0.2, 0.25) is 0 Å². The van der Waals surface area contributed by atoms with E-state index >= 15 is 0 Å². The van der Waals surface area contributed by atoms with E-state index in [4.69, 9.17) is 14.3 Å². The summed E-state index contributed by atoms with van der Waals surface area (Å²) in [5, 5.41) is 8.76. The number of carbonyl (C=O) groups excluding carboxylic acids is 2. The summed E-state index contributed by atoms with van der Waals surface area (Å²) in [6.45, 7) is -0.345. The van der Waals surface area contributed by atoms with Gasteiger partial charge in [0.05, 0.1) is 20.4 Å². The van der Waals surface area contributed by atoms with Gasteiger partial charge in [-0.3, -0.25) is 10.1 Å². The maximum atomic E-state index is 11.7. The van der Waals surface area contributed by atoms with Crippen LogP contribution >= 0.6 is 0 Å². The number of ether oxygens (including phenoxy) is 2. The Kier molecular flexibility index (Phi) is 7.73. The molecule has 2 rings (SSSR count). The Bertz CT molecular complexity index is 642. The molecule has 3 amide bonds. The van der Waals surface area contributed by atoms with E-state index in [1.165, 1.54) is 19.7 Å². The Hall–Kier alpha value is -2.77. The van der Waals surface area contributed by atoms with Crippen molar-refractivity contribution in [2.45, 2.75) is 38.1 Å². The number of hydrogen-bond acceptors (Lipinski definition) is 6. The predicted octanol–water partition coefficient (Wildman–Crippen LogP) is 2.21. The fourth-order valence-electron chi connectivity index (χ4n) is 2.76. The van der Waals surface area contributed by atoms with Crippen LogP contribution in [0.25, 0.3) is 0 Å². The molecule has 1 saturated carbocycles. The first-order valence-electron chi connectivity index (χ1n) is 8.60. The lowest BCUT2D eigenvalue weighted by Gasteiger charge is -2.22. The highest BCUT2D eigenvalue weighted by Gasteiger charge is 2.16. The quantitative estimate of drug-likeness (QED) is 0.572. The molecule has 8 heteroatoms. The minimum atomic E-state index is -0.553. The van der Waals surface area contributed by atoms with Gasteiger partial charge in [-0.1, -0.05) is 24.4 Å². The van der Waals surface area contributed by atoms with Gasteiger partial charge in [-0.05, 0) is 31.0 Å². The number of amides is 3. The van der Waals surface area contributed by atoms with Crippen molar-refractivity contribution < 1.29 is 23.9 Å². The number of urea groups is 1. The zero-order valence-corrected chi connectivity index (χ0v) is 15.1. The van der Waals surface area contributed by atoms with Crippen LogP contribution in [0.1, 0.15) is 37.7 Å². The van der Waals surface area contributed by atoms with E-state index in [9.17, 15) is 9.59 Å². The molecule has 2 N–H and O–H groups in total. The highest BCUT2D eigenvalue weighted by molar-refractivity contribution is 5.95. The summed E-state index contributed by atoms with van der Waals surface area (Å²) >= 11 is 0. The van der Waals surface area contributed by atoms with Crippen molar-refractivity contribution >= 4 is 18.2 Å². The number of methoxy groups -OCH3 is 2. The van der Waals surface area contributed by atoms with Crippen LogP contribution in [0.5, 0.6) is 11.5 Å². The highest BCUT2D eigenvalue weighted by atomic mass is 16.6. The van der Waals surface area contributed by atoms with E-state index in [2.05, 4.69) is 15.8 Å². The standard InChI is InChI=1S/C18H25N3O5/c1-24-15-9-8-13(10-16(15)25-2)11-19-26-12-17(22)21-18(23)20-14-6-4-3-5-7-14/h8-11,14H,3-7,12H2,1-2H3,(H2,20,21,22,23)/b19-11-. The van der Waals surface area contributed by atoms with Crippen LogP contribution in [0.15, 0.2) is 23.4 Å². The molecule has 0 bridgehead atoms. The average Bonchev–Trinajstić information content (AvgIpc) is 2.65. The lowest BCUT2D eigenvalue weighted by atomic mass is 9.96. The van der Waals surface area contributed by atoms with E-state index in [0.717, 1.165) is 31.2 Å². The predicted molar refractivity (Wildman–Crippen MR) is 96.6 cm³/mol. The Morgan fingerprint density at radius 1 is 1.15 bits per heavy atom. The molecule has 1 aromatic carbocycles. The zero-order chi connectivity index (χ0) is 18.8. The van der Waals surface area contributed by atoms with Crippen molar-refractivity contribution in [3.63, 3.8) is 0 Å². The minimum Gasteiger partial charge on any atom is -0.493 e. The SMILES string of the molecule is COc1ccc(/C=N\OCC(=O)NC(=O)NC2CCCCC2)cc1OC. The van der Waals surface area contributed by atoms with Gasteiger partial charge in [0, 0.05) is 11.6 Å². The monoisotopic (exact) mass is 363 g/mol. The molecule has 1 aromatic rings. The number of hydrogen-bond donors (Lipinski definition) is 2. The molecule has 1 aliphatic carbocycles. The highest BCUT2D eigenvalue weighted by Crippen LogP contribution is 2.26. The third-order valence-electron chi connectivity index (χ3n) is 4.07. The van der Waals surface area contributed by atoms with E-state index in [1.54, 1.807) is 25.3 Å². The van der Waals surface area contributed by atoms with Gasteiger partial charge in [0.25, 0.3) is 5.91 Å². The zero-order valence-electron chi connectivity index (χ0n) is 15.1. The van der Waals surface area contributed by atoms with Gasteiger partial charge in [-0.25, -0.2) is 4.79 Å². The minimum absolute atomic E-state index is 0.139. The molecule has 0 spiro atoms. The van der Waals surface area contributed by atoms with Gasteiger partial charge in [-0.15, -0.1) is 0 Å². The van der Waals surface area contributed by atoms with Crippen LogP contribution < -0.4 is 20.1 Å². The molecule has 0 aromatic heterocycles. The second kappa shape index (κ2) is 10.3. The van der Waals surface area contributed by atoms with Crippen molar-refractivity contribution in [1.29, 1.82) is 0 Å². The topological polar surface area (TPSA) is 98.3 Å². The number of rotatable bonds is 7. The van der Waals surface area contributed by atoms with Crippen molar-refractivity contribution in [1.82, 2.24) is 10.6 Å². The third-order valence-corrected chi connectivity index (χ3v) is 4.07. The van der Waals surface area contributed by atoms with Gasteiger partial charge < -0.3 is 19.6 Å². The van der Waals surface area contributed by atoms with E-state index < -0.39 is 11.9 Å². The Morgan fingerprint density at radius 2 is 1.88 bits per heavy atom. The maximum Gasteiger partial charge on any atom is 0.321 e. The summed E-state index contributed by atoms with van der Waals surface area (Å²) < 4.78 is 10.3. The fourth-order valence-corrected chi connectivity index (χ4v) is 2.76. The van der Waals surface area contributed by atoms with Crippen LogP contribution in [-0.4, -0.2) is 45.0 Å². The maximum absolute atomic E-state index is 11.7. The number of nitrogens with one attached hydrogen (secondary N) is 2. The van der Waals surface area contributed by atoms with Crippen molar-refractivity contribution in [3.05, 3.63) is 23.8 Å². The molecule has 0 atom stereocenters. The van der Waals surface area contributed by atoms with Crippen molar-refractivity contribution in [2.24, 2.45) is 5.16 Å². The molecule has 142 valence electrons. The molecular formula is C18H25N3O5. The first-order valence-corrected chi connectivity index (χ1v) is 8.60. The van der Waals surface area contributed by atoms with Crippen LogP contribution in [0.3, 0.4) is 0 Å². The van der Waals surface area contributed by atoms with Crippen LogP contribution in [-0.2, 0) is 9.63 Å². The van der Waals surface area contributed by atoms with E-state index in [1.807, 2.05) is 0 Å². The normalized spacial score (nSPS) is 14.7. The molecule has 0 heterocycles. The first-order chi connectivity index (χ1) is 12.6. The van der Waals surface area contributed by atoms with Gasteiger partial charge in [0.15, 0.2) is 18.1 Å². The van der Waals surface area contributed by atoms with Gasteiger partial charge >= 0.3 is 6.03 Å². The summed E-state index contributed by atoms with van der Waals surface area (Å²) in [6, 6.07) is 4.88. The lowest BCUT2D eigenvalue weighted by Crippen LogP contribution is -2.46.